The van der Waals surface area contributed by atoms with Gasteiger partial charge in [-0.1, -0.05) is 0 Å². The van der Waals surface area contributed by atoms with E-state index in [0.717, 1.165) is 0 Å². The van der Waals surface area contributed by atoms with Crippen molar-refractivity contribution in [1.29, 1.82) is 0 Å². The van der Waals surface area contributed by atoms with Crippen molar-refractivity contribution in [1.82, 2.24) is 0 Å². The van der Waals surface area contributed by atoms with E-state index in [1.54, 1.807) is 20.8 Å². The fraction of sp³-hybridized carbons (Fsp3) is 0.812. The second-order valence-electron chi connectivity index (χ2n) is 7.58. The maximum absolute atomic E-state index is 12.3. The van der Waals surface area contributed by atoms with Crippen LogP contribution >= 0.6 is 0 Å². The number of hydrogen-bond acceptors (Lipinski definition) is 6. The summed E-state index contributed by atoms with van der Waals surface area (Å²) in [5, 5.41) is 0. The molecule has 1 saturated carbocycles. The Labute approximate surface area is 130 Å². The van der Waals surface area contributed by atoms with Gasteiger partial charge in [0.1, 0.15) is 12.2 Å². The number of carbonyl (C=O) groups is 3. The molecule has 1 saturated heterocycles. The van der Waals surface area contributed by atoms with Crippen molar-refractivity contribution < 1.29 is 28.6 Å². The van der Waals surface area contributed by atoms with Crippen LogP contribution in [0.25, 0.3) is 0 Å². The molecule has 2 rings (SSSR count). The molecule has 2 bridgehead atoms. The molecule has 0 radical (unpaired) electrons. The van der Waals surface area contributed by atoms with Gasteiger partial charge in [0.05, 0.1) is 11.3 Å². The summed E-state index contributed by atoms with van der Waals surface area (Å²) >= 11 is 0. The second kappa shape index (κ2) is 5.56. The molecule has 2 aliphatic rings. The molecule has 0 aromatic carbocycles. The van der Waals surface area contributed by atoms with Crippen molar-refractivity contribution >= 4 is 17.9 Å². The summed E-state index contributed by atoms with van der Waals surface area (Å²) in [6.07, 6.45) is 1.03. The highest BCUT2D eigenvalue weighted by Gasteiger charge is 2.47. The van der Waals surface area contributed by atoms with Gasteiger partial charge < -0.3 is 14.2 Å². The smallest absolute Gasteiger partial charge is 0.350 e. The molecule has 3 atom stereocenters. The van der Waals surface area contributed by atoms with Crippen LogP contribution in [0.3, 0.4) is 0 Å². The minimum Gasteiger partial charge on any atom is -0.458 e. The van der Waals surface area contributed by atoms with Crippen molar-refractivity contribution in [3.8, 4) is 0 Å². The predicted molar refractivity (Wildman–Crippen MR) is 76.7 cm³/mol. The molecule has 1 aliphatic carbocycles. The van der Waals surface area contributed by atoms with Crippen molar-refractivity contribution in [2.75, 3.05) is 0 Å². The maximum Gasteiger partial charge on any atom is 0.350 e. The van der Waals surface area contributed by atoms with E-state index in [2.05, 4.69) is 0 Å². The van der Waals surface area contributed by atoms with Crippen LogP contribution in [0.2, 0.25) is 0 Å². The summed E-state index contributed by atoms with van der Waals surface area (Å²) in [7, 11) is 0. The molecule has 6 heteroatoms. The molecule has 0 aromatic heterocycles. The first-order valence-electron chi connectivity index (χ1n) is 7.66. The third-order valence-corrected chi connectivity index (χ3v) is 4.04. The number of esters is 3. The Bertz CT molecular complexity index is 487. The van der Waals surface area contributed by atoms with Crippen molar-refractivity contribution in [2.45, 2.75) is 71.7 Å². The number of ether oxygens (including phenoxy) is 3. The summed E-state index contributed by atoms with van der Waals surface area (Å²) < 4.78 is 16.0. The number of carbonyl (C=O) groups excluding carboxylic acids is 3. The van der Waals surface area contributed by atoms with Crippen LogP contribution < -0.4 is 0 Å². The molecule has 22 heavy (non-hydrogen) atoms. The van der Waals surface area contributed by atoms with Crippen LogP contribution in [-0.2, 0) is 28.6 Å². The first kappa shape index (κ1) is 16.8. The molecule has 3 unspecified atom stereocenters. The number of hydrogen-bond donors (Lipinski definition) is 0. The lowest BCUT2D eigenvalue weighted by atomic mass is 9.88. The Morgan fingerprint density at radius 2 is 1.73 bits per heavy atom. The van der Waals surface area contributed by atoms with E-state index >= 15 is 0 Å². The zero-order valence-electron chi connectivity index (χ0n) is 13.8. The van der Waals surface area contributed by atoms with E-state index in [9.17, 15) is 14.4 Å². The van der Waals surface area contributed by atoms with Gasteiger partial charge >= 0.3 is 17.9 Å². The van der Waals surface area contributed by atoms with Gasteiger partial charge in [-0.05, 0) is 47.5 Å². The lowest BCUT2D eigenvalue weighted by Gasteiger charge is -2.31. The first-order valence-corrected chi connectivity index (χ1v) is 7.66. The van der Waals surface area contributed by atoms with E-state index in [4.69, 9.17) is 14.2 Å². The zero-order chi connectivity index (χ0) is 16.7. The van der Waals surface area contributed by atoms with Crippen molar-refractivity contribution in [3.63, 3.8) is 0 Å². The quantitative estimate of drug-likeness (QED) is 0.586. The Morgan fingerprint density at radius 1 is 1.09 bits per heavy atom. The highest BCUT2D eigenvalue weighted by atomic mass is 16.6. The van der Waals surface area contributed by atoms with Gasteiger partial charge in [0, 0.05) is 6.42 Å². The van der Waals surface area contributed by atoms with Gasteiger partial charge in [-0.3, -0.25) is 9.59 Å². The topological polar surface area (TPSA) is 78.9 Å². The largest absolute Gasteiger partial charge is 0.458 e. The maximum atomic E-state index is 12.3. The van der Waals surface area contributed by atoms with Crippen LogP contribution in [0.15, 0.2) is 0 Å². The zero-order valence-corrected chi connectivity index (χ0v) is 13.8. The van der Waals surface area contributed by atoms with Gasteiger partial charge in [-0.2, -0.15) is 0 Å². The van der Waals surface area contributed by atoms with Gasteiger partial charge in [0.25, 0.3) is 0 Å². The van der Waals surface area contributed by atoms with Gasteiger partial charge in [0.15, 0.2) is 0 Å². The second-order valence-corrected chi connectivity index (χ2v) is 7.58. The summed E-state index contributed by atoms with van der Waals surface area (Å²) in [6.45, 7) is 8.17. The number of rotatable bonds is 3. The SMILES string of the molecule is CC(C)(C)C(=O)OC(C)(C)C(=O)OC1CCC2CC1OC2=O. The van der Waals surface area contributed by atoms with Crippen LogP contribution in [-0.4, -0.2) is 35.7 Å². The fourth-order valence-electron chi connectivity index (χ4n) is 2.53. The molecule has 0 spiro atoms. The summed E-state index contributed by atoms with van der Waals surface area (Å²) in [6, 6.07) is 0. The average molecular weight is 312 g/mol. The molecule has 0 N–H and O–H groups in total. The van der Waals surface area contributed by atoms with E-state index in [0.29, 0.717) is 19.3 Å². The van der Waals surface area contributed by atoms with Crippen LogP contribution in [0, 0.1) is 11.3 Å². The molecule has 1 aliphatic heterocycles. The minimum absolute atomic E-state index is 0.0633. The normalized spacial score (nSPS) is 28.0. The molecule has 0 amide bonds. The fourth-order valence-corrected chi connectivity index (χ4v) is 2.53. The third kappa shape index (κ3) is 3.42. The third-order valence-electron chi connectivity index (χ3n) is 4.04. The minimum atomic E-state index is -1.37. The molecule has 6 nitrogen and oxygen atoms in total. The first-order chi connectivity index (χ1) is 10.0. The summed E-state index contributed by atoms with van der Waals surface area (Å²) in [4.78, 5) is 35.8. The number of fused-ring (bicyclic) bond motifs is 2. The lowest BCUT2D eigenvalue weighted by Crippen LogP contribution is -2.45. The highest BCUT2D eigenvalue weighted by molar-refractivity contribution is 5.84. The van der Waals surface area contributed by atoms with Gasteiger partial charge in [-0.25, -0.2) is 4.79 Å². The monoisotopic (exact) mass is 312 g/mol. The van der Waals surface area contributed by atoms with E-state index in [1.807, 2.05) is 0 Å². The van der Waals surface area contributed by atoms with Gasteiger partial charge in [-0.15, -0.1) is 0 Å². The van der Waals surface area contributed by atoms with Crippen LogP contribution in [0.5, 0.6) is 0 Å². The Kier molecular flexibility index (Phi) is 4.24. The van der Waals surface area contributed by atoms with Crippen molar-refractivity contribution in [2.24, 2.45) is 11.3 Å². The molecule has 124 valence electrons. The average Bonchev–Trinajstić information content (AvgIpc) is 2.67. The van der Waals surface area contributed by atoms with Crippen LogP contribution in [0.1, 0.15) is 53.9 Å². The Balaban J connectivity index is 1.96. The highest BCUT2D eigenvalue weighted by Crippen LogP contribution is 2.36. The van der Waals surface area contributed by atoms with E-state index in [1.165, 1.54) is 13.8 Å². The molecule has 2 fully saturated rings. The lowest BCUT2D eigenvalue weighted by molar-refractivity contribution is -0.191. The Morgan fingerprint density at radius 3 is 2.32 bits per heavy atom. The molecule has 0 aromatic rings. The van der Waals surface area contributed by atoms with Gasteiger partial charge in [0.2, 0.25) is 5.60 Å². The molecular formula is C16H24O6. The molecule has 1 heterocycles. The molecular weight excluding hydrogens is 288 g/mol. The predicted octanol–water partition coefficient (Wildman–Crippen LogP) is 1.99. The standard InChI is InChI=1S/C16H24O6/c1-15(2,3)13(18)22-16(4,5)14(19)21-10-7-6-9-8-11(10)20-12(9)17/h9-11H,6-8H2,1-5H3. The van der Waals surface area contributed by atoms with Crippen molar-refractivity contribution in [3.05, 3.63) is 0 Å². The summed E-state index contributed by atoms with van der Waals surface area (Å²) in [5.74, 6) is -1.35. The van der Waals surface area contributed by atoms with Crippen LogP contribution in [0.4, 0.5) is 0 Å². The van der Waals surface area contributed by atoms with E-state index < -0.39 is 29.1 Å². The summed E-state index contributed by atoms with van der Waals surface area (Å²) in [5.41, 5.74) is -2.07. The Hall–Kier alpha value is -1.59. The van der Waals surface area contributed by atoms with E-state index in [-0.39, 0.29) is 18.0 Å².